The quantitative estimate of drug-likeness (QED) is 0.636. The summed E-state index contributed by atoms with van der Waals surface area (Å²) in [6.07, 6.45) is 0.948. The normalized spacial score (nSPS) is 10.2. The van der Waals surface area contributed by atoms with Crippen LogP contribution in [0.3, 0.4) is 0 Å². The fourth-order valence-corrected chi connectivity index (χ4v) is 1.93. The summed E-state index contributed by atoms with van der Waals surface area (Å²) in [5.74, 6) is 0.994. The number of hydrogen-bond donors (Lipinski definition) is 2. The zero-order valence-corrected chi connectivity index (χ0v) is 11.0. The molecular formula is C16H18N2O. The van der Waals surface area contributed by atoms with Crippen molar-refractivity contribution in [1.29, 1.82) is 5.41 Å². The lowest BCUT2D eigenvalue weighted by atomic mass is 10.1. The standard InChI is InChI=1S/C16H18N2O/c1-2-13-7-3-4-9-15(13)19-11-12-6-5-8-14(10-12)16(17)18/h3-10H,2,11H2,1H3,(H3,17,18). The average molecular weight is 254 g/mol. The van der Waals surface area contributed by atoms with E-state index in [4.69, 9.17) is 15.9 Å². The maximum atomic E-state index is 7.43. The highest BCUT2D eigenvalue weighted by Gasteiger charge is 2.03. The number of hydrogen-bond acceptors (Lipinski definition) is 2. The molecule has 0 aliphatic carbocycles. The van der Waals surface area contributed by atoms with Gasteiger partial charge in [0.05, 0.1) is 0 Å². The SMILES string of the molecule is CCc1ccccc1OCc1cccc(C(=N)N)c1. The number of ether oxygens (including phenoxy) is 1. The van der Waals surface area contributed by atoms with Gasteiger partial charge in [0, 0.05) is 5.56 Å². The van der Waals surface area contributed by atoms with E-state index in [-0.39, 0.29) is 5.84 Å². The van der Waals surface area contributed by atoms with E-state index in [0.717, 1.165) is 23.3 Å². The molecule has 0 amide bonds. The molecule has 0 aliphatic heterocycles. The molecule has 3 heteroatoms. The highest BCUT2D eigenvalue weighted by Crippen LogP contribution is 2.19. The molecule has 0 aliphatic rings. The van der Waals surface area contributed by atoms with E-state index >= 15 is 0 Å². The van der Waals surface area contributed by atoms with E-state index in [2.05, 4.69) is 13.0 Å². The second-order valence-electron chi connectivity index (χ2n) is 4.36. The van der Waals surface area contributed by atoms with Crippen molar-refractivity contribution in [2.75, 3.05) is 0 Å². The Morgan fingerprint density at radius 1 is 1.16 bits per heavy atom. The van der Waals surface area contributed by atoms with Crippen LogP contribution in [0.2, 0.25) is 0 Å². The number of nitrogens with one attached hydrogen (secondary N) is 1. The second kappa shape index (κ2) is 6.05. The van der Waals surface area contributed by atoms with E-state index in [1.807, 2.05) is 42.5 Å². The molecule has 0 fully saturated rings. The van der Waals surface area contributed by atoms with E-state index in [9.17, 15) is 0 Å². The van der Waals surface area contributed by atoms with E-state index < -0.39 is 0 Å². The molecule has 2 aromatic rings. The summed E-state index contributed by atoms with van der Waals surface area (Å²) < 4.78 is 5.84. The van der Waals surface area contributed by atoms with Crippen LogP contribution in [0, 0.1) is 5.41 Å². The minimum Gasteiger partial charge on any atom is -0.489 e. The zero-order valence-electron chi connectivity index (χ0n) is 11.0. The van der Waals surface area contributed by atoms with Crippen LogP contribution < -0.4 is 10.5 Å². The summed E-state index contributed by atoms with van der Waals surface area (Å²) in [6, 6.07) is 15.6. The number of para-hydroxylation sites is 1. The van der Waals surface area contributed by atoms with Crippen LogP contribution in [0.15, 0.2) is 48.5 Å². The molecule has 98 valence electrons. The molecule has 3 N–H and O–H groups in total. The molecule has 0 aromatic heterocycles. The summed E-state index contributed by atoms with van der Waals surface area (Å²) in [6.45, 7) is 2.59. The largest absolute Gasteiger partial charge is 0.489 e. The first-order valence-corrected chi connectivity index (χ1v) is 6.34. The summed E-state index contributed by atoms with van der Waals surface area (Å²) in [5.41, 5.74) is 8.42. The molecule has 0 spiro atoms. The first-order valence-electron chi connectivity index (χ1n) is 6.34. The number of amidine groups is 1. The summed E-state index contributed by atoms with van der Waals surface area (Å²) in [5, 5.41) is 7.43. The summed E-state index contributed by atoms with van der Waals surface area (Å²) in [7, 11) is 0. The van der Waals surface area contributed by atoms with Gasteiger partial charge in [-0.3, -0.25) is 5.41 Å². The van der Waals surface area contributed by atoms with E-state index in [1.165, 1.54) is 5.56 Å². The highest BCUT2D eigenvalue weighted by molar-refractivity contribution is 5.95. The first kappa shape index (κ1) is 13.1. The van der Waals surface area contributed by atoms with Crippen LogP contribution >= 0.6 is 0 Å². The molecular weight excluding hydrogens is 236 g/mol. The number of rotatable bonds is 5. The van der Waals surface area contributed by atoms with Gasteiger partial charge in [-0.05, 0) is 29.7 Å². The third-order valence-corrected chi connectivity index (χ3v) is 2.99. The zero-order chi connectivity index (χ0) is 13.7. The smallest absolute Gasteiger partial charge is 0.122 e. The average Bonchev–Trinajstić information content (AvgIpc) is 2.45. The van der Waals surface area contributed by atoms with Crippen LogP contribution in [0.1, 0.15) is 23.6 Å². The number of aryl methyl sites for hydroxylation is 1. The highest BCUT2D eigenvalue weighted by atomic mass is 16.5. The Morgan fingerprint density at radius 2 is 1.95 bits per heavy atom. The fourth-order valence-electron chi connectivity index (χ4n) is 1.93. The van der Waals surface area contributed by atoms with Crippen molar-refractivity contribution in [2.24, 2.45) is 5.73 Å². The van der Waals surface area contributed by atoms with Gasteiger partial charge in [-0.15, -0.1) is 0 Å². The Hall–Kier alpha value is -2.29. The van der Waals surface area contributed by atoms with Crippen molar-refractivity contribution in [3.8, 4) is 5.75 Å². The minimum atomic E-state index is 0.0795. The lowest BCUT2D eigenvalue weighted by Crippen LogP contribution is -2.11. The lowest BCUT2D eigenvalue weighted by molar-refractivity contribution is 0.303. The number of benzene rings is 2. The van der Waals surface area contributed by atoms with E-state index in [1.54, 1.807) is 0 Å². The van der Waals surface area contributed by atoms with Crippen LogP contribution in [0.25, 0.3) is 0 Å². The Balaban J connectivity index is 2.10. The van der Waals surface area contributed by atoms with Gasteiger partial charge in [0.2, 0.25) is 0 Å². The molecule has 19 heavy (non-hydrogen) atoms. The van der Waals surface area contributed by atoms with Crippen molar-refractivity contribution >= 4 is 5.84 Å². The third-order valence-electron chi connectivity index (χ3n) is 2.99. The summed E-state index contributed by atoms with van der Waals surface area (Å²) in [4.78, 5) is 0. The summed E-state index contributed by atoms with van der Waals surface area (Å²) >= 11 is 0. The number of nitrogens with two attached hydrogens (primary N) is 1. The Bertz CT molecular complexity index is 578. The molecule has 0 radical (unpaired) electrons. The van der Waals surface area contributed by atoms with Gasteiger partial charge in [-0.1, -0.05) is 43.3 Å². The van der Waals surface area contributed by atoms with Gasteiger partial charge in [-0.25, -0.2) is 0 Å². The van der Waals surface area contributed by atoms with Crippen molar-refractivity contribution in [2.45, 2.75) is 20.0 Å². The van der Waals surface area contributed by atoms with Gasteiger partial charge < -0.3 is 10.5 Å². The Labute approximate surface area is 113 Å². The van der Waals surface area contributed by atoms with Crippen molar-refractivity contribution in [3.63, 3.8) is 0 Å². The number of nitrogen functional groups attached to an aromatic ring is 1. The van der Waals surface area contributed by atoms with Crippen LogP contribution in [0.4, 0.5) is 0 Å². The van der Waals surface area contributed by atoms with Crippen LogP contribution in [0.5, 0.6) is 5.75 Å². The van der Waals surface area contributed by atoms with Crippen LogP contribution in [-0.2, 0) is 13.0 Å². The predicted molar refractivity (Wildman–Crippen MR) is 77.6 cm³/mol. The molecule has 0 heterocycles. The molecule has 3 nitrogen and oxygen atoms in total. The molecule has 0 saturated carbocycles. The van der Waals surface area contributed by atoms with Gasteiger partial charge in [-0.2, -0.15) is 0 Å². The molecule has 2 rings (SSSR count). The van der Waals surface area contributed by atoms with Gasteiger partial charge >= 0.3 is 0 Å². The predicted octanol–water partition coefficient (Wildman–Crippen LogP) is 3.11. The van der Waals surface area contributed by atoms with Crippen molar-refractivity contribution in [1.82, 2.24) is 0 Å². The van der Waals surface area contributed by atoms with E-state index in [0.29, 0.717) is 6.61 Å². The molecule has 0 unspecified atom stereocenters. The molecule has 2 aromatic carbocycles. The Kier molecular flexibility index (Phi) is 4.18. The molecule has 0 bridgehead atoms. The maximum absolute atomic E-state index is 7.43. The van der Waals surface area contributed by atoms with Crippen molar-refractivity contribution in [3.05, 3.63) is 65.2 Å². The van der Waals surface area contributed by atoms with Gasteiger partial charge in [0.25, 0.3) is 0 Å². The van der Waals surface area contributed by atoms with Crippen molar-refractivity contribution < 1.29 is 4.74 Å². The topological polar surface area (TPSA) is 59.1 Å². The second-order valence-corrected chi connectivity index (χ2v) is 4.36. The van der Waals surface area contributed by atoms with Gasteiger partial charge in [0.15, 0.2) is 0 Å². The minimum absolute atomic E-state index is 0.0795. The Morgan fingerprint density at radius 3 is 2.68 bits per heavy atom. The third kappa shape index (κ3) is 3.35. The molecule has 0 atom stereocenters. The fraction of sp³-hybridized carbons (Fsp3) is 0.188. The first-order chi connectivity index (χ1) is 9.20. The lowest BCUT2D eigenvalue weighted by Gasteiger charge is -2.10. The monoisotopic (exact) mass is 254 g/mol. The van der Waals surface area contributed by atoms with Crippen LogP contribution in [-0.4, -0.2) is 5.84 Å². The van der Waals surface area contributed by atoms with Gasteiger partial charge in [0.1, 0.15) is 18.2 Å². The maximum Gasteiger partial charge on any atom is 0.122 e. The molecule has 0 saturated heterocycles.